The van der Waals surface area contributed by atoms with Crippen LogP contribution in [0.2, 0.25) is 0 Å². The highest BCUT2D eigenvalue weighted by Crippen LogP contribution is 2.36. The maximum Gasteiger partial charge on any atom is 0.224 e. The third-order valence-electron chi connectivity index (χ3n) is 3.81. The Bertz CT molecular complexity index is 575. The molecule has 0 spiro atoms. The first kappa shape index (κ1) is 16.7. The van der Waals surface area contributed by atoms with Crippen LogP contribution >= 0.6 is 11.8 Å². The quantitative estimate of drug-likeness (QED) is 0.834. The lowest BCUT2D eigenvalue weighted by Crippen LogP contribution is -2.29. The van der Waals surface area contributed by atoms with E-state index in [0.717, 1.165) is 17.1 Å². The first-order valence-electron chi connectivity index (χ1n) is 7.14. The monoisotopic (exact) mass is 323 g/mol. The summed E-state index contributed by atoms with van der Waals surface area (Å²) >= 11 is 1.24. The van der Waals surface area contributed by atoms with E-state index in [1.807, 2.05) is 25.1 Å². The molecule has 1 fully saturated rings. The van der Waals surface area contributed by atoms with Crippen molar-refractivity contribution < 1.29 is 19.1 Å². The molecule has 1 amide bonds. The fourth-order valence-corrected chi connectivity index (χ4v) is 3.65. The molecule has 1 heterocycles. The number of thioether (sulfide) groups is 1. The van der Waals surface area contributed by atoms with Gasteiger partial charge in [0.1, 0.15) is 11.5 Å². The molecule has 1 aromatic rings. The van der Waals surface area contributed by atoms with Crippen LogP contribution in [-0.2, 0) is 9.59 Å². The van der Waals surface area contributed by atoms with Gasteiger partial charge in [-0.1, -0.05) is 11.8 Å². The van der Waals surface area contributed by atoms with Crippen LogP contribution in [-0.4, -0.2) is 41.9 Å². The predicted molar refractivity (Wildman–Crippen MR) is 86.4 cm³/mol. The average molecular weight is 323 g/mol. The molecule has 0 bridgehead atoms. The number of rotatable bonds is 5. The Morgan fingerprint density at radius 2 is 2.09 bits per heavy atom. The summed E-state index contributed by atoms with van der Waals surface area (Å²) in [4.78, 5) is 25.3. The summed E-state index contributed by atoms with van der Waals surface area (Å²) in [5.74, 6) is 1.52. The summed E-state index contributed by atoms with van der Waals surface area (Å²) in [6.07, 6.45) is 0.404. The minimum absolute atomic E-state index is 0.0315. The van der Waals surface area contributed by atoms with Crippen molar-refractivity contribution in [1.82, 2.24) is 4.90 Å². The van der Waals surface area contributed by atoms with Crippen LogP contribution < -0.4 is 9.47 Å². The van der Waals surface area contributed by atoms with Gasteiger partial charge in [0, 0.05) is 30.7 Å². The van der Waals surface area contributed by atoms with Gasteiger partial charge in [0.2, 0.25) is 5.91 Å². The highest BCUT2D eigenvalue weighted by atomic mass is 32.2. The first-order valence-corrected chi connectivity index (χ1v) is 8.02. The lowest BCUT2D eigenvalue weighted by Gasteiger charge is -2.26. The molecular formula is C16H21NO4S. The van der Waals surface area contributed by atoms with E-state index in [4.69, 9.17) is 9.47 Å². The second-order valence-electron chi connectivity index (χ2n) is 5.27. The number of benzene rings is 1. The van der Waals surface area contributed by atoms with Crippen LogP contribution in [0.4, 0.5) is 0 Å². The number of methoxy groups -OCH3 is 2. The summed E-state index contributed by atoms with van der Waals surface area (Å²) in [6.45, 7) is 4.08. The molecule has 0 aromatic heterocycles. The summed E-state index contributed by atoms with van der Waals surface area (Å²) in [7, 11) is 3.22. The molecule has 120 valence electrons. The molecule has 1 aliphatic rings. The third kappa shape index (κ3) is 3.55. The van der Waals surface area contributed by atoms with Crippen molar-refractivity contribution in [3.63, 3.8) is 0 Å². The largest absolute Gasteiger partial charge is 0.497 e. The standard InChI is InChI=1S/C16H21NO4S/c1-10(14-7-12(20-3)5-6-15(14)21-4)17-9-13(8-16(17)19)22-11(2)18/h5-7,10,13H,8-9H2,1-4H3. The first-order chi connectivity index (χ1) is 10.5. The van der Waals surface area contributed by atoms with Gasteiger partial charge in [0.15, 0.2) is 5.12 Å². The van der Waals surface area contributed by atoms with E-state index >= 15 is 0 Å². The maximum atomic E-state index is 12.3. The van der Waals surface area contributed by atoms with Crippen LogP contribution in [0.15, 0.2) is 18.2 Å². The minimum atomic E-state index is -0.130. The van der Waals surface area contributed by atoms with Crippen LogP contribution in [0.3, 0.4) is 0 Å². The zero-order chi connectivity index (χ0) is 16.3. The van der Waals surface area contributed by atoms with Crippen LogP contribution in [0.1, 0.15) is 31.9 Å². The van der Waals surface area contributed by atoms with Crippen molar-refractivity contribution in [2.45, 2.75) is 31.6 Å². The van der Waals surface area contributed by atoms with Gasteiger partial charge in [-0.2, -0.15) is 0 Å². The molecule has 0 aliphatic carbocycles. The lowest BCUT2D eigenvalue weighted by atomic mass is 10.1. The Kier molecular flexibility index (Phi) is 5.34. The van der Waals surface area contributed by atoms with E-state index in [1.165, 1.54) is 18.7 Å². The molecule has 1 saturated heterocycles. The van der Waals surface area contributed by atoms with Gasteiger partial charge in [-0.05, 0) is 25.1 Å². The Balaban J connectivity index is 2.22. The van der Waals surface area contributed by atoms with E-state index in [1.54, 1.807) is 19.1 Å². The molecule has 1 aromatic carbocycles. The number of hydrogen-bond acceptors (Lipinski definition) is 5. The second kappa shape index (κ2) is 7.05. The van der Waals surface area contributed by atoms with Crippen LogP contribution in [0, 0.1) is 0 Å². The van der Waals surface area contributed by atoms with Gasteiger partial charge in [-0.3, -0.25) is 9.59 Å². The van der Waals surface area contributed by atoms with Crippen molar-refractivity contribution in [3.05, 3.63) is 23.8 Å². The number of nitrogens with zero attached hydrogens (tertiary/aromatic N) is 1. The van der Waals surface area contributed by atoms with Gasteiger partial charge < -0.3 is 14.4 Å². The van der Waals surface area contributed by atoms with E-state index in [-0.39, 0.29) is 22.3 Å². The fraction of sp³-hybridized carbons (Fsp3) is 0.500. The predicted octanol–water partition coefficient (Wildman–Crippen LogP) is 2.65. The fourth-order valence-electron chi connectivity index (χ4n) is 2.72. The highest BCUT2D eigenvalue weighted by Gasteiger charge is 2.35. The lowest BCUT2D eigenvalue weighted by molar-refractivity contribution is -0.129. The van der Waals surface area contributed by atoms with Gasteiger partial charge in [-0.25, -0.2) is 0 Å². The summed E-state index contributed by atoms with van der Waals surface area (Å²) in [6, 6.07) is 5.43. The minimum Gasteiger partial charge on any atom is -0.497 e. The van der Waals surface area contributed by atoms with Gasteiger partial charge in [0.25, 0.3) is 0 Å². The number of ether oxygens (including phenoxy) is 2. The SMILES string of the molecule is COc1ccc(OC)c(C(C)N2CC(SC(C)=O)CC2=O)c1. The molecule has 2 unspecified atom stereocenters. The van der Waals surface area contributed by atoms with Gasteiger partial charge in [-0.15, -0.1) is 0 Å². The number of hydrogen-bond donors (Lipinski definition) is 0. The Labute approximate surface area is 135 Å². The Hall–Kier alpha value is -1.69. The zero-order valence-electron chi connectivity index (χ0n) is 13.3. The molecule has 1 aliphatic heterocycles. The number of amides is 1. The molecule has 6 heteroatoms. The zero-order valence-corrected chi connectivity index (χ0v) is 14.1. The Morgan fingerprint density at radius 3 is 2.68 bits per heavy atom. The molecule has 2 rings (SSSR count). The van der Waals surface area contributed by atoms with Crippen molar-refractivity contribution in [1.29, 1.82) is 0 Å². The van der Waals surface area contributed by atoms with E-state index < -0.39 is 0 Å². The summed E-state index contributed by atoms with van der Waals surface area (Å²) in [5, 5.41) is 0.0790. The Morgan fingerprint density at radius 1 is 1.36 bits per heavy atom. The molecule has 2 atom stereocenters. The average Bonchev–Trinajstić information content (AvgIpc) is 2.85. The van der Waals surface area contributed by atoms with Gasteiger partial charge >= 0.3 is 0 Å². The molecule has 0 saturated carbocycles. The molecule has 5 nitrogen and oxygen atoms in total. The number of carbonyl (C=O) groups excluding carboxylic acids is 2. The summed E-state index contributed by atoms with van der Waals surface area (Å²) in [5.41, 5.74) is 0.906. The van der Waals surface area contributed by atoms with E-state index in [2.05, 4.69) is 0 Å². The van der Waals surface area contributed by atoms with Crippen LogP contribution in [0.25, 0.3) is 0 Å². The van der Waals surface area contributed by atoms with Crippen molar-refractivity contribution in [2.24, 2.45) is 0 Å². The molecule has 0 N–H and O–H groups in total. The second-order valence-corrected chi connectivity index (χ2v) is 6.74. The number of likely N-dealkylation sites (tertiary alicyclic amines) is 1. The van der Waals surface area contributed by atoms with Gasteiger partial charge in [0.05, 0.1) is 20.3 Å². The van der Waals surface area contributed by atoms with Crippen molar-refractivity contribution >= 4 is 22.8 Å². The van der Waals surface area contributed by atoms with Crippen LogP contribution in [0.5, 0.6) is 11.5 Å². The topological polar surface area (TPSA) is 55.8 Å². The maximum absolute atomic E-state index is 12.3. The highest BCUT2D eigenvalue weighted by molar-refractivity contribution is 8.14. The van der Waals surface area contributed by atoms with E-state index in [9.17, 15) is 9.59 Å². The normalized spacial score (nSPS) is 19.2. The molecular weight excluding hydrogens is 302 g/mol. The van der Waals surface area contributed by atoms with Crippen molar-refractivity contribution in [3.8, 4) is 11.5 Å². The van der Waals surface area contributed by atoms with Crippen molar-refractivity contribution in [2.75, 3.05) is 20.8 Å². The number of carbonyl (C=O) groups is 2. The van der Waals surface area contributed by atoms with E-state index in [0.29, 0.717) is 13.0 Å². The third-order valence-corrected chi connectivity index (χ3v) is 4.79. The molecule has 22 heavy (non-hydrogen) atoms. The summed E-state index contributed by atoms with van der Waals surface area (Å²) < 4.78 is 10.7. The smallest absolute Gasteiger partial charge is 0.224 e. The molecule has 0 radical (unpaired) electrons.